The van der Waals surface area contributed by atoms with Gasteiger partial charge in [-0.25, -0.2) is 0 Å². The highest BCUT2D eigenvalue weighted by molar-refractivity contribution is 5.79. The molecule has 2 heterocycles. The minimum atomic E-state index is -0.0175. The summed E-state index contributed by atoms with van der Waals surface area (Å²) >= 11 is 0. The highest BCUT2D eigenvalue weighted by atomic mass is 16.5. The second kappa shape index (κ2) is 9.98. The number of benzene rings is 2. The smallest absolute Gasteiger partial charge is 0.246 e. The van der Waals surface area contributed by atoms with Crippen molar-refractivity contribution in [3.05, 3.63) is 65.5 Å². The minimum Gasteiger partial charge on any atom is -0.371 e. The predicted molar refractivity (Wildman–Crippen MR) is 126 cm³/mol. The third-order valence-corrected chi connectivity index (χ3v) is 6.08. The predicted octanol–water partition coefficient (Wildman–Crippen LogP) is 5.01. The molecule has 4 rings (SSSR count). The van der Waals surface area contributed by atoms with Crippen molar-refractivity contribution in [2.24, 2.45) is 5.92 Å². The van der Waals surface area contributed by atoms with E-state index in [2.05, 4.69) is 53.2 Å². The summed E-state index contributed by atoms with van der Waals surface area (Å²) < 4.78 is 5.50. The molecule has 0 saturated carbocycles. The molecular weight excluding hydrogens is 400 g/mol. The average Bonchev–Trinajstić information content (AvgIpc) is 3.28. The van der Waals surface area contributed by atoms with Gasteiger partial charge in [0.1, 0.15) is 0 Å². The third kappa shape index (κ3) is 5.18. The standard InChI is InChI=1S/C26H32N4O2/c1-4-15-30(18-24-27-25(28-32-24)21-11-7-19(2)8-12-21)26(31)22-6-5-16-29(17-22)23-13-9-20(3)10-14-23/h7-14,22H,4-6,15-18H2,1-3H3. The Bertz CT molecular complexity index is 1030. The molecule has 1 aromatic heterocycles. The van der Waals surface area contributed by atoms with Crippen LogP contribution in [0.25, 0.3) is 11.4 Å². The maximum Gasteiger partial charge on any atom is 0.246 e. The highest BCUT2D eigenvalue weighted by Gasteiger charge is 2.30. The molecule has 1 unspecified atom stereocenters. The van der Waals surface area contributed by atoms with Crippen LogP contribution in [0, 0.1) is 19.8 Å². The van der Waals surface area contributed by atoms with Gasteiger partial charge in [-0.1, -0.05) is 59.6 Å². The first kappa shape index (κ1) is 22.1. The summed E-state index contributed by atoms with van der Waals surface area (Å²) in [5.74, 6) is 1.20. The number of nitrogens with zero attached hydrogens (tertiary/aromatic N) is 4. The van der Waals surface area contributed by atoms with Crippen LogP contribution >= 0.6 is 0 Å². The molecule has 0 spiro atoms. The Morgan fingerprint density at radius 1 is 1.09 bits per heavy atom. The van der Waals surface area contributed by atoms with Crippen molar-refractivity contribution in [2.75, 3.05) is 24.5 Å². The van der Waals surface area contributed by atoms with Gasteiger partial charge in [-0.15, -0.1) is 0 Å². The Hall–Kier alpha value is -3.15. The van der Waals surface area contributed by atoms with Crippen LogP contribution in [0.15, 0.2) is 53.1 Å². The molecule has 2 aromatic carbocycles. The first-order valence-electron chi connectivity index (χ1n) is 11.5. The van der Waals surface area contributed by atoms with Crippen LogP contribution in [0.2, 0.25) is 0 Å². The Balaban J connectivity index is 1.44. The van der Waals surface area contributed by atoms with E-state index in [1.54, 1.807) is 0 Å². The van der Waals surface area contributed by atoms with Gasteiger partial charge in [-0.2, -0.15) is 4.98 Å². The zero-order chi connectivity index (χ0) is 22.5. The third-order valence-electron chi connectivity index (χ3n) is 6.08. The van der Waals surface area contributed by atoms with Crippen LogP contribution in [-0.2, 0) is 11.3 Å². The largest absolute Gasteiger partial charge is 0.371 e. The molecular formula is C26H32N4O2. The first-order chi connectivity index (χ1) is 15.5. The van der Waals surface area contributed by atoms with Gasteiger partial charge < -0.3 is 14.3 Å². The molecule has 1 amide bonds. The van der Waals surface area contributed by atoms with Crippen molar-refractivity contribution in [3.63, 3.8) is 0 Å². The van der Waals surface area contributed by atoms with E-state index in [1.807, 2.05) is 36.1 Å². The van der Waals surface area contributed by atoms with E-state index in [4.69, 9.17) is 4.52 Å². The Morgan fingerprint density at radius 2 is 1.78 bits per heavy atom. The van der Waals surface area contributed by atoms with Crippen LogP contribution < -0.4 is 4.90 Å². The van der Waals surface area contributed by atoms with E-state index >= 15 is 0 Å². The van der Waals surface area contributed by atoms with Crippen molar-refractivity contribution >= 4 is 11.6 Å². The van der Waals surface area contributed by atoms with E-state index in [0.717, 1.165) is 37.9 Å². The van der Waals surface area contributed by atoms with Crippen molar-refractivity contribution in [1.82, 2.24) is 15.0 Å². The molecule has 6 heteroatoms. The number of anilines is 1. The van der Waals surface area contributed by atoms with Gasteiger partial charge in [0.15, 0.2) is 0 Å². The Labute approximate surface area is 190 Å². The second-order valence-electron chi connectivity index (χ2n) is 8.76. The second-order valence-corrected chi connectivity index (χ2v) is 8.76. The molecule has 32 heavy (non-hydrogen) atoms. The highest BCUT2D eigenvalue weighted by Crippen LogP contribution is 2.26. The fraction of sp³-hybridized carbons (Fsp3) is 0.423. The molecule has 1 fully saturated rings. The lowest BCUT2D eigenvalue weighted by Crippen LogP contribution is -2.45. The summed E-state index contributed by atoms with van der Waals surface area (Å²) in [6.45, 7) is 9.01. The summed E-state index contributed by atoms with van der Waals surface area (Å²) in [5, 5.41) is 4.13. The van der Waals surface area contributed by atoms with E-state index < -0.39 is 0 Å². The van der Waals surface area contributed by atoms with Crippen molar-refractivity contribution in [2.45, 2.75) is 46.6 Å². The van der Waals surface area contributed by atoms with Gasteiger partial charge in [-0.3, -0.25) is 4.79 Å². The molecule has 0 bridgehead atoms. The lowest BCUT2D eigenvalue weighted by atomic mass is 9.95. The number of amides is 1. The van der Waals surface area contributed by atoms with E-state index in [1.165, 1.54) is 16.8 Å². The number of piperidine rings is 1. The number of rotatable bonds is 7. The van der Waals surface area contributed by atoms with Gasteiger partial charge >= 0.3 is 0 Å². The van der Waals surface area contributed by atoms with Gasteiger partial charge in [-0.05, 0) is 45.2 Å². The van der Waals surface area contributed by atoms with E-state index in [0.29, 0.717) is 24.8 Å². The molecule has 168 valence electrons. The molecule has 1 saturated heterocycles. The van der Waals surface area contributed by atoms with Gasteiger partial charge in [0, 0.05) is 30.9 Å². The van der Waals surface area contributed by atoms with Crippen LogP contribution in [0.4, 0.5) is 5.69 Å². The molecule has 0 N–H and O–H groups in total. The molecule has 0 radical (unpaired) electrons. The SMILES string of the molecule is CCCN(Cc1nc(-c2ccc(C)cc2)no1)C(=O)C1CCCN(c2ccc(C)cc2)C1. The average molecular weight is 433 g/mol. The number of hydrogen-bond acceptors (Lipinski definition) is 5. The zero-order valence-electron chi connectivity index (χ0n) is 19.3. The number of carbonyl (C=O) groups excluding carboxylic acids is 1. The summed E-state index contributed by atoms with van der Waals surface area (Å²) in [4.78, 5) is 22.2. The number of aryl methyl sites for hydroxylation is 2. The first-order valence-corrected chi connectivity index (χ1v) is 11.5. The lowest BCUT2D eigenvalue weighted by molar-refractivity contribution is -0.136. The summed E-state index contributed by atoms with van der Waals surface area (Å²) in [5.41, 5.74) is 4.54. The number of carbonyl (C=O) groups is 1. The molecule has 1 aliphatic rings. The van der Waals surface area contributed by atoms with Crippen LogP contribution in [0.1, 0.15) is 43.2 Å². The normalized spacial score (nSPS) is 16.2. The Kier molecular flexibility index (Phi) is 6.88. The lowest BCUT2D eigenvalue weighted by Gasteiger charge is -2.36. The van der Waals surface area contributed by atoms with Crippen molar-refractivity contribution in [1.29, 1.82) is 0 Å². The summed E-state index contributed by atoms with van der Waals surface area (Å²) in [7, 11) is 0. The van der Waals surface area contributed by atoms with Crippen LogP contribution in [0.5, 0.6) is 0 Å². The van der Waals surface area contributed by atoms with Gasteiger partial charge in [0.05, 0.1) is 12.5 Å². The fourth-order valence-corrected chi connectivity index (χ4v) is 4.27. The van der Waals surface area contributed by atoms with Crippen molar-refractivity contribution < 1.29 is 9.32 Å². The molecule has 3 aromatic rings. The van der Waals surface area contributed by atoms with E-state index in [-0.39, 0.29) is 11.8 Å². The molecule has 0 aliphatic carbocycles. The monoisotopic (exact) mass is 432 g/mol. The number of hydrogen-bond donors (Lipinski definition) is 0. The van der Waals surface area contributed by atoms with Crippen LogP contribution in [-0.4, -0.2) is 40.6 Å². The molecule has 1 atom stereocenters. The summed E-state index contributed by atoms with van der Waals surface area (Å²) in [6.07, 6.45) is 2.82. The van der Waals surface area contributed by atoms with Crippen LogP contribution in [0.3, 0.4) is 0 Å². The fourth-order valence-electron chi connectivity index (χ4n) is 4.27. The number of aromatic nitrogens is 2. The topological polar surface area (TPSA) is 62.5 Å². The molecule has 6 nitrogen and oxygen atoms in total. The molecule has 1 aliphatic heterocycles. The maximum absolute atomic E-state index is 13.4. The maximum atomic E-state index is 13.4. The van der Waals surface area contributed by atoms with Gasteiger partial charge in [0.25, 0.3) is 0 Å². The van der Waals surface area contributed by atoms with E-state index in [9.17, 15) is 4.79 Å². The summed E-state index contributed by atoms with van der Waals surface area (Å²) in [6, 6.07) is 16.6. The Morgan fingerprint density at radius 3 is 2.47 bits per heavy atom. The minimum absolute atomic E-state index is 0.0175. The van der Waals surface area contributed by atoms with Crippen molar-refractivity contribution in [3.8, 4) is 11.4 Å². The van der Waals surface area contributed by atoms with Gasteiger partial charge in [0.2, 0.25) is 17.6 Å². The quantitative estimate of drug-likeness (QED) is 0.525. The zero-order valence-corrected chi connectivity index (χ0v) is 19.3.